The van der Waals surface area contributed by atoms with Crippen LogP contribution in [0.4, 0.5) is 0 Å². The van der Waals surface area contributed by atoms with Crippen LogP contribution in [0.3, 0.4) is 0 Å². The molecular formula is C23H32O4S2. The van der Waals surface area contributed by atoms with Gasteiger partial charge in [-0.1, -0.05) is 38.5 Å². The van der Waals surface area contributed by atoms with Crippen LogP contribution in [-0.4, -0.2) is 24.9 Å². The lowest BCUT2D eigenvalue weighted by atomic mass is 10.1. The zero-order valence-electron chi connectivity index (χ0n) is 17.2. The zero-order chi connectivity index (χ0) is 20.6. The standard InChI is InChI=1S/C23H32O4S2/c1-25-29-23-16-12-21(13-17-23)27-19-9-7-5-3-2-4-6-8-18-26-20-10-14-22(28-24)15-11-20/h10-17,24H,2-9,18-19H2,1H3. The van der Waals surface area contributed by atoms with E-state index in [0.29, 0.717) is 0 Å². The van der Waals surface area contributed by atoms with Crippen molar-refractivity contribution < 1.29 is 18.2 Å². The van der Waals surface area contributed by atoms with Gasteiger partial charge in [0.1, 0.15) is 11.5 Å². The van der Waals surface area contributed by atoms with Crippen molar-refractivity contribution in [1.82, 2.24) is 0 Å². The Labute approximate surface area is 183 Å². The molecule has 0 heterocycles. The average molecular weight is 437 g/mol. The van der Waals surface area contributed by atoms with E-state index in [1.54, 1.807) is 7.11 Å². The normalized spacial score (nSPS) is 10.8. The summed E-state index contributed by atoms with van der Waals surface area (Å²) in [7, 11) is 1.67. The van der Waals surface area contributed by atoms with Gasteiger partial charge in [-0.3, -0.25) is 0 Å². The topological polar surface area (TPSA) is 47.9 Å². The summed E-state index contributed by atoms with van der Waals surface area (Å²) in [5.74, 6) is 1.80. The molecule has 0 atom stereocenters. The van der Waals surface area contributed by atoms with Gasteiger partial charge in [-0.05, 0) is 61.4 Å². The van der Waals surface area contributed by atoms with Crippen molar-refractivity contribution in [2.24, 2.45) is 0 Å². The van der Waals surface area contributed by atoms with Gasteiger partial charge < -0.3 is 18.2 Å². The van der Waals surface area contributed by atoms with Crippen LogP contribution in [0.25, 0.3) is 0 Å². The molecule has 2 aromatic rings. The number of rotatable bonds is 16. The van der Waals surface area contributed by atoms with Crippen LogP contribution in [0.15, 0.2) is 58.3 Å². The number of benzene rings is 2. The fourth-order valence-corrected chi connectivity index (χ4v) is 3.63. The molecule has 29 heavy (non-hydrogen) atoms. The zero-order valence-corrected chi connectivity index (χ0v) is 18.8. The molecule has 6 heteroatoms. The fraction of sp³-hybridized carbons (Fsp3) is 0.478. The van der Waals surface area contributed by atoms with Gasteiger partial charge >= 0.3 is 0 Å². The van der Waals surface area contributed by atoms with Gasteiger partial charge in [0, 0.05) is 33.9 Å². The predicted octanol–water partition coefficient (Wildman–Crippen LogP) is 7.48. The largest absolute Gasteiger partial charge is 0.494 e. The number of hydrogen-bond acceptors (Lipinski definition) is 6. The van der Waals surface area contributed by atoms with Crippen molar-refractivity contribution in [3.05, 3.63) is 48.5 Å². The first-order valence-electron chi connectivity index (χ1n) is 10.3. The summed E-state index contributed by atoms with van der Waals surface area (Å²) in [5.41, 5.74) is 0. The van der Waals surface area contributed by atoms with Gasteiger partial charge in [0.15, 0.2) is 0 Å². The predicted molar refractivity (Wildman–Crippen MR) is 122 cm³/mol. The molecule has 0 saturated carbocycles. The highest BCUT2D eigenvalue weighted by molar-refractivity contribution is 7.94. The van der Waals surface area contributed by atoms with Crippen LogP contribution in [0.1, 0.15) is 51.4 Å². The molecule has 0 amide bonds. The lowest BCUT2D eigenvalue weighted by Gasteiger charge is -2.07. The number of unbranched alkanes of at least 4 members (excludes halogenated alkanes) is 7. The molecule has 0 bridgehead atoms. The quantitative estimate of drug-likeness (QED) is 0.217. The molecule has 0 fully saturated rings. The van der Waals surface area contributed by atoms with E-state index < -0.39 is 0 Å². The Kier molecular flexibility index (Phi) is 12.8. The Morgan fingerprint density at radius 1 is 0.621 bits per heavy atom. The molecule has 1 N–H and O–H groups in total. The molecule has 4 nitrogen and oxygen atoms in total. The van der Waals surface area contributed by atoms with E-state index in [4.69, 9.17) is 18.2 Å². The Hall–Kier alpha value is -1.34. The molecule has 0 aromatic heterocycles. The third kappa shape index (κ3) is 10.8. The Balaban J connectivity index is 1.36. The second-order valence-corrected chi connectivity index (χ2v) is 8.43. The molecule has 2 aromatic carbocycles. The second kappa shape index (κ2) is 15.5. The maximum Gasteiger partial charge on any atom is 0.119 e. The van der Waals surface area contributed by atoms with E-state index in [2.05, 4.69) is 0 Å². The van der Waals surface area contributed by atoms with Crippen molar-refractivity contribution in [3.63, 3.8) is 0 Å². The highest BCUT2D eigenvalue weighted by Gasteiger charge is 1.98. The molecule has 0 aliphatic heterocycles. The van der Waals surface area contributed by atoms with E-state index in [-0.39, 0.29) is 0 Å². The first kappa shape index (κ1) is 23.9. The lowest BCUT2D eigenvalue weighted by Crippen LogP contribution is -1.97. The molecule has 0 saturated heterocycles. The molecule has 0 spiro atoms. The van der Waals surface area contributed by atoms with Gasteiger partial charge in [0.25, 0.3) is 0 Å². The molecule has 0 radical (unpaired) electrons. The Morgan fingerprint density at radius 3 is 1.45 bits per heavy atom. The summed E-state index contributed by atoms with van der Waals surface area (Å²) < 4.78 is 25.5. The maximum atomic E-state index is 8.94. The minimum Gasteiger partial charge on any atom is -0.494 e. The van der Waals surface area contributed by atoms with E-state index in [9.17, 15) is 0 Å². The first-order valence-corrected chi connectivity index (χ1v) is 11.8. The summed E-state index contributed by atoms with van der Waals surface area (Å²) in [5, 5.41) is 0. The van der Waals surface area contributed by atoms with Crippen LogP contribution >= 0.6 is 24.1 Å². The summed E-state index contributed by atoms with van der Waals surface area (Å²) in [6.07, 6.45) is 9.77. The molecule has 0 aliphatic rings. The van der Waals surface area contributed by atoms with Crippen LogP contribution in [0.5, 0.6) is 11.5 Å². The number of hydrogen-bond donors (Lipinski definition) is 1. The molecule has 2 rings (SSSR count). The third-order valence-corrected chi connectivity index (χ3v) is 5.62. The average Bonchev–Trinajstić information content (AvgIpc) is 2.76. The van der Waals surface area contributed by atoms with Gasteiger partial charge in [0.2, 0.25) is 0 Å². The first-order chi connectivity index (χ1) is 14.3. The lowest BCUT2D eigenvalue weighted by molar-refractivity contribution is 0.301. The minimum atomic E-state index is 0.757. The fourth-order valence-electron chi connectivity index (χ4n) is 2.93. The van der Waals surface area contributed by atoms with Gasteiger partial charge in [-0.25, -0.2) is 0 Å². The Bertz CT molecular complexity index is 647. The highest BCUT2D eigenvalue weighted by Crippen LogP contribution is 2.22. The number of ether oxygens (including phenoxy) is 2. The van der Waals surface area contributed by atoms with E-state index in [0.717, 1.165) is 59.4 Å². The SMILES string of the molecule is COSc1ccc(OCCCCCCCCCCOc2ccc(SO)cc2)cc1. The van der Waals surface area contributed by atoms with Crippen LogP contribution in [0, 0.1) is 0 Å². The van der Waals surface area contributed by atoms with E-state index in [1.807, 2.05) is 48.5 Å². The van der Waals surface area contributed by atoms with Crippen LogP contribution < -0.4 is 9.47 Å². The van der Waals surface area contributed by atoms with Crippen molar-refractivity contribution >= 4 is 24.1 Å². The Morgan fingerprint density at radius 2 is 1.03 bits per heavy atom. The molecule has 0 aliphatic carbocycles. The molecular weight excluding hydrogens is 404 g/mol. The van der Waals surface area contributed by atoms with Crippen molar-refractivity contribution in [2.75, 3.05) is 20.3 Å². The van der Waals surface area contributed by atoms with Crippen molar-refractivity contribution in [3.8, 4) is 11.5 Å². The third-order valence-electron chi connectivity index (χ3n) is 4.51. The summed E-state index contributed by atoms with van der Waals surface area (Å²) in [4.78, 5) is 1.92. The van der Waals surface area contributed by atoms with E-state index in [1.165, 1.54) is 50.6 Å². The monoisotopic (exact) mass is 436 g/mol. The highest BCUT2D eigenvalue weighted by atomic mass is 32.2. The minimum absolute atomic E-state index is 0.757. The van der Waals surface area contributed by atoms with Crippen molar-refractivity contribution in [2.45, 2.75) is 61.2 Å². The maximum absolute atomic E-state index is 8.94. The van der Waals surface area contributed by atoms with Crippen molar-refractivity contribution in [1.29, 1.82) is 0 Å². The van der Waals surface area contributed by atoms with Crippen LogP contribution in [0.2, 0.25) is 0 Å². The van der Waals surface area contributed by atoms with Gasteiger partial charge in [-0.15, -0.1) is 0 Å². The smallest absolute Gasteiger partial charge is 0.119 e. The molecule has 0 unspecified atom stereocenters. The second-order valence-electron chi connectivity index (χ2n) is 6.81. The summed E-state index contributed by atoms with van der Waals surface area (Å²) in [6, 6.07) is 15.5. The molecule has 160 valence electrons. The van der Waals surface area contributed by atoms with E-state index >= 15 is 0 Å². The summed E-state index contributed by atoms with van der Waals surface area (Å²) >= 11 is 2.12. The van der Waals surface area contributed by atoms with Gasteiger partial charge in [0.05, 0.1) is 20.3 Å². The summed E-state index contributed by atoms with van der Waals surface area (Å²) in [6.45, 7) is 1.54. The van der Waals surface area contributed by atoms with Gasteiger partial charge in [-0.2, -0.15) is 0 Å². The van der Waals surface area contributed by atoms with Crippen LogP contribution in [-0.2, 0) is 4.18 Å².